The van der Waals surface area contributed by atoms with E-state index in [2.05, 4.69) is 185 Å². The molecule has 0 aliphatic heterocycles. The summed E-state index contributed by atoms with van der Waals surface area (Å²) in [4.78, 5) is 11.1. The van der Waals surface area contributed by atoms with E-state index in [1.54, 1.807) is 0 Å². The van der Waals surface area contributed by atoms with Crippen LogP contribution in [0.25, 0.3) is 121 Å². The molecule has 13 rings (SSSR count). The van der Waals surface area contributed by atoms with E-state index in [1.807, 2.05) is 6.07 Å². The monoisotopic (exact) mass is 726 g/mol. The van der Waals surface area contributed by atoms with Gasteiger partial charge in [0.2, 0.25) is 5.95 Å². The lowest BCUT2D eigenvalue weighted by molar-refractivity contribution is 0.673. The van der Waals surface area contributed by atoms with E-state index in [9.17, 15) is 0 Å². The van der Waals surface area contributed by atoms with Gasteiger partial charge in [0.05, 0.1) is 44.4 Å². The summed E-state index contributed by atoms with van der Waals surface area (Å²) >= 11 is 0. The zero-order valence-corrected chi connectivity index (χ0v) is 30.5. The molecule has 0 amide bonds. The molecule has 0 N–H and O–H groups in total. The lowest BCUT2D eigenvalue weighted by atomic mass is 10.0. The van der Waals surface area contributed by atoms with Crippen molar-refractivity contribution < 1.29 is 4.42 Å². The number of fused-ring (bicyclic) bond motifs is 15. The van der Waals surface area contributed by atoms with E-state index >= 15 is 0 Å². The average Bonchev–Trinajstić information content (AvgIpc) is 3.94. The van der Waals surface area contributed by atoms with Crippen LogP contribution in [0.4, 0.5) is 0 Å². The molecule has 0 spiro atoms. The molecule has 0 unspecified atom stereocenters. The van der Waals surface area contributed by atoms with Crippen LogP contribution in [0.3, 0.4) is 0 Å². The lowest BCUT2D eigenvalue weighted by Crippen LogP contribution is -2.05. The average molecular weight is 727 g/mol. The maximum absolute atomic E-state index is 6.81. The molecular formula is C52H30N4O. The van der Waals surface area contributed by atoms with Crippen molar-refractivity contribution in [1.29, 1.82) is 0 Å². The molecule has 13 aromatic rings. The summed E-state index contributed by atoms with van der Waals surface area (Å²) in [5.41, 5.74) is 9.98. The molecule has 0 aliphatic rings. The summed E-state index contributed by atoms with van der Waals surface area (Å²) in [6.07, 6.45) is 0. The first kappa shape index (κ1) is 30.6. The van der Waals surface area contributed by atoms with Gasteiger partial charge >= 0.3 is 0 Å². The Bertz CT molecular complexity index is 3810. The van der Waals surface area contributed by atoms with Crippen molar-refractivity contribution in [3.05, 3.63) is 182 Å². The van der Waals surface area contributed by atoms with Crippen molar-refractivity contribution >= 4 is 98.0 Å². The fourth-order valence-electron chi connectivity index (χ4n) is 9.44. The van der Waals surface area contributed by atoms with Gasteiger partial charge in [-0.15, -0.1) is 0 Å². The summed E-state index contributed by atoms with van der Waals surface area (Å²) in [6.45, 7) is 0. The summed E-state index contributed by atoms with van der Waals surface area (Å²) in [5.74, 6) is 0.625. The highest BCUT2D eigenvalue weighted by Gasteiger charge is 2.26. The Morgan fingerprint density at radius 1 is 0.386 bits per heavy atom. The fourth-order valence-corrected chi connectivity index (χ4v) is 9.44. The minimum absolute atomic E-state index is 0.625. The molecule has 0 bridgehead atoms. The van der Waals surface area contributed by atoms with E-state index in [0.29, 0.717) is 5.95 Å². The highest BCUT2D eigenvalue weighted by Crippen LogP contribution is 2.46. The summed E-state index contributed by atoms with van der Waals surface area (Å²) in [6, 6.07) is 64.6. The van der Waals surface area contributed by atoms with Gasteiger partial charge < -0.3 is 8.98 Å². The molecule has 0 saturated heterocycles. The number of hydrogen-bond acceptors (Lipinski definition) is 3. The van der Waals surface area contributed by atoms with Crippen LogP contribution in [0.2, 0.25) is 0 Å². The Labute approximate surface area is 325 Å². The van der Waals surface area contributed by atoms with Crippen LogP contribution in [0.1, 0.15) is 0 Å². The van der Waals surface area contributed by atoms with Gasteiger partial charge in [0, 0.05) is 48.7 Å². The minimum Gasteiger partial charge on any atom is -0.455 e. The molecule has 0 saturated carbocycles. The van der Waals surface area contributed by atoms with E-state index in [4.69, 9.17) is 14.4 Å². The van der Waals surface area contributed by atoms with Crippen molar-refractivity contribution in [1.82, 2.24) is 19.1 Å². The molecule has 57 heavy (non-hydrogen) atoms. The number of benzene rings is 9. The molecule has 264 valence electrons. The smallest absolute Gasteiger partial charge is 0.235 e. The van der Waals surface area contributed by atoms with Gasteiger partial charge in [-0.05, 0) is 47.2 Å². The number of hydrogen-bond donors (Lipinski definition) is 0. The van der Waals surface area contributed by atoms with Gasteiger partial charge in [-0.2, -0.15) is 0 Å². The number of furan rings is 1. The van der Waals surface area contributed by atoms with Crippen molar-refractivity contribution in [3.8, 4) is 22.9 Å². The topological polar surface area (TPSA) is 48.8 Å². The summed E-state index contributed by atoms with van der Waals surface area (Å²) in [7, 11) is 0. The zero-order valence-electron chi connectivity index (χ0n) is 30.5. The van der Waals surface area contributed by atoms with E-state index in [-0.39, 0.29) is 0 Å². The summed E-state index contributed by atoms with van der Waals surface area (Å²) in [5, 5.41) is 12.3. The van der Waals surface area contributed by atoms with Crippen LogP contribution >= 0.6 is 0 Å². The largest absolute Gasteiger partial charge is 0.455 e. The normalized spacial score (nSPS) is 12.2. The van der Waals surface area contributed by atoms with Gasteiger partial charge in [-0.3, -0.25) is 4.57 Å². The molecule has 0 aliphatic carbocycles. The van der Waals surface area contributed by atoms with Crippen LogP contribution in [-0.2, 0) is 0 Å². The van der Waals surface area contributed by atoms with Crippen LogP contribution in [-0.4, -0.2) is 19.1 Å². The summed E-state index contributed by atoms with van der Waals surface area (Å²) < 4.78 is 11.6. The SMILES string of the molecule is c1ccc(-c2nc(-n3c4ccccc4c4ccc5c6c7oc8ccccc8c7ccc6n(-c6cccc7ccccc67)c5c43)nc3c2ccc2ccccc23)cc1. The second kappa shape index (κ2) is 11.4. The Kier molecular flexibility index (Phi) is 6.10. The molecule has 0 atom stereocenters. The predicted octanol–water partition coefficient (Wildman–Crippen LogP) is 13.7. The lowest BCUT2D eigenvalue weighted by Gasteiger charge is -2.15. The first-order chi connectivity index (χ1) is 28.3. The third kappa shape index (κ3) is 4.17. The Morgan fingerprint density at radius 3 is 1.91 bits per heavy atom. The second-order valence-corrected chi connectivity index (χ2v) is 14.9. The molecule has 0 radical (unpaired) electrons. The molecule has 5 nitrogen and oxygen atoms in total. The van der Waals surface area contributed by atoms with Gasteiger partial charge in [0.1, 0.15) is 11.2 Å². The van der Waals surface area contributed by atoms with Gasteiger partial charge in [0.15, 0.2) is 0 Å². The van der Waals surface area contributed by atoms with Crippen molar-refractivity contribution in [3.63, 3.8) is 0 Å². The first-order valence-electron chi connectivity index (χ1n) is 19.3. The highest BCUT2D eigenvalue weighted by molar-refractivity contribution is 6.29. The zero-order chi connectivity index (χ0) is 37.2. The van der Waals surface area contributed by atoms with Crippen LogP contribution in [0.5, 0.6) is 0 Å². The third-order valence-corrected chi connectivity index (χ3v) is 11.9. The van der Waals surface area contributed by atoms with E-state index < -0.39 is 0 Å². The van der Waals surface area contributed by atoms with Gasteiger partial charge in [0.25, 0.3) is 0 Å². The molecule has 0 fully saturated rings. The molecule has 9 aromatic carbocycles. The fraction of sp³-hybridized carbons (Fsp3) is 0. The molecule has 4 heterocycles. The Hall–Kier alpha value is -7.76. The minimum atomic E-state index is 0.625. The maximum atomic E-state index is 6.81. The van der Waals surface area contributed by atoms with E-state index in [0.717, 1.165) is 104 Å². The number of nitrogens with zero attached hydrogens (tertiary/aromatic N) is 4. The highest BCUT2D eigenvalue weighted by atomic mass is 16.3. The Morgan fingerprint density at radius 2 is 1.04 bits per heavy atom. The van der Waals surface area contributed by atoms with Gasteiger partial charge in [-0.1, -0.05) is 146 Å². The van der Waals surface area contributed by atoms with Crippen LogP contribution in [0.15, 0.2) is 186 Å². The molecule has 4 aromatic heterocycles. The Balaban J connectivity index is 1.27. The quantitative estimate of drug-likeness (QED) is 0.170. The van der Waals surface area contributed by atoms with Crippen LogP contribution in [0, 0.1) is 0 Å². The number of para-hydroxylation sites is 2. The molecule has 5 heteroatoms. The number of aromatic nitrogens is 4. The van der Waals surface area contributed by atoms with Gasteiger partial charge in [-0.25, -0.2) is 9.97 Å². The van der Waals surface area contributed by atoms with E-state index in [1.165, 1.54) is 10.8 Å². The third-order valence-electron chi connectivity index (χ3n) is 11.9. The standard InChI is InChI=1S/C52H30N4O/c1-2-15-33(16-3-1)47-41-26-25-32-14-5-7-19-35(32)48(41)54-52(53-47)56-43-22-10-8-20-36(43)38-27-28-40-46-44(30-29-39-37-21-9-11-24-45(37)57-51(39)46)55(50(40)49(38)56)42-23-12-17-31-13-4-6-18-34(31)42/h1-30H. The number of rotatable bonds is 3. The van der Waals surface area contributed by atoms with Crippen molar-refractivity contribution in [2.45, 2.75) is 0 Å². The van der Waals surface area contributed by atoms with Crippen LogP contribution < -0.4 is 0 Å². The van der Waals surface area contributed by atoms with Crippen molar-refractivity contribution in [2.75, 3.05) is 0 Å². The maximum Gasteiger partial charge on any atom is 0.235 e. The molecular weight excluding hydrogens is 697 g/mol. The van der Waals surface area contributed by atoms with Crippen molar-refractivity contribution in [2.24, 2.45) is 0 Å². The predicted molar refractivity (Wildman–Crippen MR) is 236 cm³/mol. The second-order valence-electron chi connectivity index (χ2n) is 14.9. The first-order valence-corrected chi connectivity index (χ1v) is 19.3.